The molecule has 2 aromatic carbocycles. The fourth-order valence-corrected chi connectivity index (χ4v) is 6.39. The van der Waals surface area contributed by atoms with Crippen LogP contribution in [0.4, 0.5) is 0 Å². The second-order valence-corrected chi connectivity index (χ2v) is 11.1. The lowest BCUT2D eigenvalue weighted by Gasteiger charge is -2.35. The van der Waals surface area contributed by atoms with E-state index in [1.54, 1.807) is 7.11 Å². The minimum atomic E-state index is -0.433. The van der Waals surface area contributed by atoms with Gasteiger partial charge < -0.3 is 15.0 Å². The number of aliphatic imine (C=N–C) groups is 1. The van der Waals surface area contributed by atoms with Crippen molar-refractivity contribution in [2.75, 3.05) is 13.7 Å². The lowest BCUT2D eigenvalue weighted by molar-refractivity contribution is -0.139. The number of ether oxygens (including phenoxy) is 1. The van der Waals surface area contributed by atoms with Crippen LogP contribution in [0.3, 0.4) is 0 Å². The quantitative estimate of drug-likeness (QED) is 0.459. The second kappa shape index (κ2) is 11.7. The zero-order chi connectivity index (χ0) is 26.6. The highest BCUT2D eigenvalue weighted by Crippen LogP contribution is 2.36. The molecule has 1 saturated heterocycles. The molecule has 5 rings (SSSR count). The van der Waals surface area contributed by atoms with Crippen LogP contribution in [-0.2, 0) is 9.59 Å². The summed E-state index contributed by atoms with van der Waals surface area (Å²) in [7, 11) is 1.70. The van der Waals surface area contributed by atoms with Crippen molar-refractivity contribution in [2.45, 2.75) is 83.7 Å². The van der Waals surface area contributed by atoms with E-state index in [4.69, 9.17) is 9.73 Å². The molecule has 0 unspecified atom stereocenters. The van der Waals surface area contributed by atoms with Crippen LogP contribution in [0.5, 0.6) is 5.75 Å². The van der Waals surface area contributed by atoms with Gasteiger partial charge in [0.2, 0.25) is 11.8 Å². The first-order valence-electron chi connectivity index (χ1n) is 14.5. The van der Waals surface area contributed by atoms with Crippen LogP contribution in [0.2, 0.25) is 0 Å². The fraction of sp³-hybridized carbons (Fsp3) is 0.531. The second-order valence-electron chi connectivity index (χ2n) is 11.1. The Bertz CT molecular complexity index is 1240. The summed E-state index contributed by atoms with van der Waals surface area (Å²) in [4.78, 5) is 34.1. The maximum absolute atomic E-state index is 14.1. The summed E-state index contributed by atoms with van der Waals surface area (Å²) in [5.41, 5.74) is 3.11. The van der Waals surface area contributed by atoms with Gasteiger partial charge in [-0.15, -0.1) is 0 Å². The molecule has 6 heteroatoms. The number of amides is 2. The molecular weight excluding hydrogens is 474 g/mol. The molecule has 6 nitrogen and oxygen atoms in total. The molecule has 0 bridgehead atoms. The van der Waals surface area contributed by atoms with Gasteiger partial charge in [-0.1, -0.05) is 63.5 Å². The number of carbonyl (C=O) groups is 2. The molecule has 2 amide bonds. The topological polar surface area (TPSA) is 71.0 Å². The first kappa shape index (κ1) is 26.5. The number of carbonyl (C=O) groups excluding carboxylic acids is 2. The van der Waals surface area contributed by atoms with Crippen LogP contribution in [0.25, 0.3) is 16.5 Å². The number of allylic oxidation sites excluding steroid dienone is 1. The maximum atomic E-state index is 14.1. The summed E-state index contributed by atoms with van der Waals surface area (Å²) < 4.78 is 5.58. The molecular formula is C32H41N3O3. The first-order chi connectivity index (χ1) is 18.5. The van der Waals surface area contributed by atoms with Crippen molar-refractivity contribution >= 4 is 34.0 Å². The molecule has 202 valence electrons. The molecule has 3 aliphatic rings. The normalized spacial score (nSPS) is 21.7. The van der Waals surface area contributed by atoms with Crippen molar-refractivity contribution in [1.82, 2.24) is 10.2 Å². The third-order valence-corrected chi connectivity index (χ3v) is 8.81. The van der Waals surface area contributed by atoms with E-state index in [0.717, 1.165) is 91.4 Å². The number of benzene rings is 2. The van der Waals surface area contributed by atoms with E-state index in [9.17, 15) is 9.59 Å². The molecule has 0 aromatic heterocycles. The lowest BCUT2D eigenvalue weighted by Crippen LogP contribution is -2.55. The summed E-state index contributed by atoms with van der Waals surface area (Å²) >= 11 is 0. The monoisotopic (exact) mass is 515 g/mol. The van der Waals surface area contributed by atoms with Gasteiger partial charge in [-0.05, 0) is 55.5 Å². The van der Waals surface area contributed by atoms with Crippen molar-refractivity contribution in [3.63, 3.8) is 0 Å². The SMILES string of the molecule is CC[C@@H](C)C(=O)N[C@H](C(=O)N1CCC[C@H]1C1=NC(c2ccc(OC)c3ccccc23)=CC1)C1CCCCC1. The number of hydrogen-bond donors (Lipinski definition) is 1. The summed E-state index contributed by atoms with van der Waals surface area (Å²) in [6.45, 7) is 4.69. The van der Waals surface area contributed by atoms with Crippen LogP contribution in [0, 0.1) is 11.8 Å². The summed E-state index contributed by atoms with van der Waals surface area (Å²) in [6.07, 6.45) is 11.1. The van der Waals surface area contributed by atoms with Crippen LogP contribution in [0.15, 0.2) is 47.5 Å². The van der Waals surface area contributed by atoms with Gasteiger partial charge in [0.25, 0.3) is 0 Å². The van der Waals surface area contributed by atoms with Gasteiger partial charge >= 0.3 is 0 Å². The first-order valence-corrected chi connectivity index (χ1v) is 14.5. The van der Waals surface area contributed by atoms with Crippen LogP contribution >= 0.6 is 0 Å². The number of hydrogen-bond acceptors (Lipinski definition) is 4. The minimum absolute atomic E-state index is 0.000661. The Morgan fingerprint density at radius 3 is 2.55 bits per heavy atom. The smallest absolute Gasteiger partial charge is 0.245 e. The molecule has 2 heterocycles. The van der Waals surface area contributed by atoms with E-state index >= 15 is 0 Å². The van der Waals surface area contributed by atoms with Crippen molar-refractivity contribution in [3.05, 3.63) is 48.0 Å². The largest absolute Gasteiger partial charge is 0.496 e. The van der Waals surface area contributed by atoms with E-state index in [-0.39, 0.29) is 29.7 Å². The van der Waals surface area contributed by atoms with E-state index in [0.29, 0.717) is 0 Å². The van der Waals surface area contributed by atoms with Crippen molar-refractivity contribution in [1.29, 1.82) is 0 Å². The van der Waals surface area contributed by atoms with Gasteiger partial charge in [0, 0.05) is 35.5 Å². The Kier molecular flexibility index (Phi) is 8.15. The van der Waals surface area contributed by atoms with E-state index in [1.807, 2.05) is 36.9 Å². The Hall–Kier alpha value is -3.15. The van der Waals surface area contributed by atoms with Gasteiger partial charge in [-0.25, -0.2) is 0 Å². The van der Waals surface area contributed by atoms with Crippen LogP contribution < -0.4 is 10.1 Å². The van der Waals surface area contributed by atoms with Crippen LogP contribution in [-0.4, -0.2) is 48.2 Å². The Morgan fingerprint density at radius 2 is 1.82 bits per heavy atom. The third kappa shape index (κ3) is 5.23. The number of fused-ring (bicyclic) bond motifs is 1. The van der Waals surface area contributed by atoms with Gasteiger partial charge in [0.15, 0.2) is 0 Å². The van der Waals surface area contributed by atoms with E-state index in [2.05, 4.69) is 29.6 Å². The van der Waals surface area contributed by atoms with E-state index in [1.165, 1.54) is 6.42 Å². The lowest BCUT2D eigenvalue weighted by atomic mass is 9.83. The predicted octanol–water partition coefficient (Wildman–Crippen LogP) is 6.14. The van der Waals surface area contributed by atoms with Crippen molar-refractivity contribution < 1.29 is 14.3 Å². The number of methoxy groups -OCH3 is 1. The molecule has 0 spiro atoms. The Balaban J connectivity index is 1.39. The molecule has 0 radical (unpaired) electrons. The number of likely N-dealkylation sites (tertiary alicyclic amines) is 1. The highest BCUT2D eigenvalue weighted by atomic mass is 16.5. The van der Waals surface area contributed by atoms with E-state index < -0.39 is 6.04 Å². The molecule has 2 aromatic rings. The summed E-state index contributed by atoms with van der Waals surface area (Å²) in [5, 5.41) is 5.39. The summed E-state index contributed by atoms with van der Waals surface area (Å²) in [5.74, 6) is 1.07. The van der Waals surface area contributed by atoms with Gasteiger partial charge in [0.05, 0.1) is 18.8 Å². The molecule has 1 N–H and O–H groups in total. The molecule has 38 heavy (non-hydrogen) atoms. The molecule has 1 saturated carbocycles. The zero-order valence-corrected chi connectivity index (χ0v) is 23.0. The fourth-order valence-electron chi connectivity index (χ4n) is 6.39. The summed E-state index contributed by atoms with van der Waals surface area (Å²) in [6, 6.07) is 11.9. The van der Waals surface area contributed by atoms with Crippen molar-refractivity contribution in [2.24, 2.45) is 16.8 Å². The third-order valence-electron chi connectivity index (χ3n) is 8.81. The molecule has 2 fully saturated rings. The Morgan fingerprint density at radius 1 is 1.05 bits per heavy atom. The highest BCUT2D eigenvalue weighted by molar-refractivity contribution is 6.05. The average molecular weight is 516 g/mol. The van der Waals surface area contributed by atoms with Gasteiger partial charge in [-0.2, -0.15) is 0 Å². The van der Waals surface area contributed by atoms with Crippen molar-refractivity contribution in [3.8, 4) is 5.75 Å². The Labute approximate surface area is 226 Å². The molecule has 2 aliphatic heterocycles. The predicted molar refractivity (Wildman–Crippen MR) is 153 cm³/mol. The average Bonchev–Trinajstić information content (AvgIpc) is 3.65. The van der Waals surface area contributed by atoms with Gasteiger partial charge in [0.1, 0.15) is 11.8 Å². The molecule has 1 aliphatic carbocycles. The van der Waals surface area contributed by atoms with Crippen LogP contribution in [0.1, 0.15) is 77.2 Å². The maximum Gasteiger partial charge on any atom is 0.245 e. The van der Waals surface area contributed by atoms with Gasteiger partial charge in [-0.3, -0.25) is 14.6 Å². The highest BCUT2D eigenvalue weighted by Gasteiger charge is 2.40. The number of nitrogens with one attached hydrogen (secondary N) is 1. The zero-order valence-electron chi connectivity index (χ0n) is 23.0. The minimum Gasteiger partial charge on any atom is -0.496 e. The molecule has 3 atom stereocenters. The number of nitrogens with zero attached hydrogens (tertiary/aromatic N) is 2. The number of rotatable bonds is 8. The standard InChI is InChI=1S/C32H41N3O3/c1-4-21(2)31(36)34-30(22-11-6-5-7-12-22)32(37)35-20-10-15-28(35)27-18-17-26(33-27)24-16-19-29(38-3)25-14-9-8-13-23(24)25/h8-9,13-14,16-17,19,21-22,28,30H,4-7,10-12,15,18,20H2,1-3H3,(H,34,36)/t21-,28+,30+/m1/s1.